The van der Waals surface area contributed by atoms with E-state index < -0.39 is 6.10 Å². The van der Waals surface area contributed by atoms with Gasteiger partial charge < -0.3 is 14.8 Å². The maximum Gasteiger partial charge on any atom is 0.295 e. The van der Waals surface area contributed by atoms with Crippen LogP contribution in [0.4, 0.5) is 6.01 Å². The average Bonchev–Trinajstić information content (AvgIpc) is 2.57. The molecule has 74 valence electrons. The Labute approximate surface area is 81.6 Å². The van der Waals surface area contributed by atoms with Crippen molar-refractivity contribution in [3.8, 4) is 0 Å². The summed E-state index contributed by atoms with van der Waals surface area (Å²) in [5.74, 6) is 0. The number of fused-ring (bicyclic) bond motifs is 1. The summed E-state index contributed by atoms with van der Waals surface area (Å²) >= 11 is 0. The van der Waals surface area contributed by atoms with Crippen molar-refractivity contribution < 1.29 is 9.52 Å². The van der Waals surface area contributed by atoms with Crippen LogP contribution in [0.3, 0.4) is 0 Å². The van der Waals surface area contributed by atoms with E-state index in [9.17, 15) is 0 Å². The van der Waals surface area contributed by atoms with Crippen molar-refractivity contribution in [3.05, 3.63) is 24.3 Å². The van der Waals surface area contributed by atoms with Crippen LogP contribution in [0.1, 0.15) is 6.92 Å². The quantitative estimate of drug-likeness (QED) is 0.775. The van der Waals surface area contributed by atoms with E-state index in [0.717, 1.165) is 11.1 Å². The van der Waals surface area contributed by atoms with Gasteiger partial charge in [-0.25, -0.2) is 0 Å². The Morgan fingerprint density at radius 1 is 1.50 bits per heavy atom. The number of hydrogen-bond acceptors (Lipinski definition) is 4. The lowest BCUT2D eigenvalue weighted by atomic mass is 10.3. The van der Waals surface area contributed by atoms with E-state index >= 15 is 0 Å². The topological polar surface area (TPSA) is 58.3 Å². The van der Waals surface area contributed by atoms with Crippen molar-refractivity contribution in [3.63, 3.8) is 0 Å². The summed E-state index contributed by atoms with van der Waals surface area (Å²) < 4.78 is 5.39. The van der Waals surface area contributed by atoms with Crippen molar-refractivity contribution in [1.29, 1.82) is 0 Å². The van der Waals surface area contributed by atoms with Gasteiger partial charge in [0.2, 0.25) is 0 Å². The van der Waals surface area contributed by atoms with Gasteiger partial charge in [-0.1, -0.05) is 12.1 Å². The largest absolute Gasteiger partial charge is 0.424 e. The van der Waals surface area contributed by atoms with Gasteiger partial charge in [-0.3, -0.25) is 0 Å². The lowest BCUT2D eigenvalue weighted by Gasteiger charge is -2.02. The Morgan fingerprint density at radius 3 is 3.00 bits per heavy atom. The fourth-order valence-corrected chi connectivity index (χ4v) is 1.18. The Hall–Kier alpha value is -1.55. The van der Waals surface area contributed by atoms with Gasteiger partial charge in [-0.2, -0.15) is 4.98 Å². The first-order valence-corrected chi connectivity index (χ1v) is 4.53. The minimum atomic E-state index is -0.412. The second-order valence-electron chi connectivity index (χ2n) is 3.22. The summed E-state index contributed by atoms with van der Waals surface area (Å²) in [6.45, 7) is 2.14. The van der Waals surface area contributed by atoms with E-state index in [0.29, 0.717) is 12.6 Å². The van der Waals surface area contributed by atoms with Crippen LogP contribution in [0.25, 0.3) is 11.1 Å². The van der Waals surface area contributed by atoms with E-state index in [1.165, 1.54) is 0 Å². The lowest BCUT2D eigenvalue weighted by Crippen LogP contribution is -2.15. The predicted octanol–water partition coefficient (Wildman–Crippen LogP) is 1.62. The molecule has 2 N–H and O–H groups in total. The molecule has 1 unspecified atom stereocenters. The second-order valence-corrected chi connectivity index (χ2v) is 3.22. The second kappa shape index (κ2) is 3.67. The highest BCUT2D eigenvalue weighted by molar-refractivity contribution is 5.74. The van der Waals surface area contributed by atoms with Crippen LogP contribution in [0.2, 0.25) is 0 Å². The molecule has 1 atom stereocenters. The van der Waals surface area contributed by atoms with Gasteiger partial charge >= 0.3 is 0 Å². The number of rotatable bonds is 3. The Balaban J connectivity index is 2.19. The van der Waals surface area contributed by atoms with Gasteiger partial charge in [0.1, 0.15) is 5.52 Å². The molecular weight excluding hydrogens is 180 g/mol. The average molecular weight is 192 g/mol. The zero-order valence-corrected chi connectivity index (χ0v) is 7.90. The van der Waals surface area contributed by atoms with E-state index in [1.807, 2.05) is 24.3 Å². The number of nitrogens with zero attached hydrogens (tertiary/aromatic N) is 1. The van der Waals surface area contributed by atoms with Gasteiger partial charge in [0.05, 0.1) is 6.10 Å². The molecule has 14 heavy (non-hydrogen) atoms. The number of aliphatic hydroxyl groups is 1. The molecule has 2 rings (SSSR count). The number of aromatic nitrogens is 1. The molecule has 1 aromatic heterocycles. The maximum atomic E-state index is 9.06. The van der Waals surface area contributed by atoms with Crippen LogP contribution >= 0.6 is 0 Å². The Kier molecular flexibility index (Phi) is 2.37. The molecule has 0 aliphatic heterocycles. The third-order valence-corrected chi connectivity index (χ3v) is 1.84. The third kappa shape index (κ3) is 1.85. The molecule has 2 aromatic rings. The van der Waals surface area contributed by atoms with Gasteiger partial charge in [-0.05, 0) is 19.1 Å². The molecule has 4 heteroatoms. The minimum Gasteiger partial charge on any atom is -0.424 e. The normalized spacial score (nSPS) is 13.0. The maximum absolute atomic E-state index is 9.06. The molecule has 0 saturated carbocycles. The van der Waals surface area contributed by atoms with Crippen molar-refractivity contribution in [1.82, 2.24) is 4.98 Å². The van der Waals surface area contributed by atoms with Crippen molar-refractivity contribution in [2.75, 3.05) is 11.9 Å². The van der Waals surface area contributed by atoms with Crippen LogP contribution < -0.4 is 5.32 Å². The fourth-order valence-electron chi connectivity index (χ4n) is 1.18. The molecule has 1 aromatic carbocycles. The molecule has 4 nitrogen and oxygen atoms in total. The number of nitrogens with one attached hydrogen (secondary N) is 1. The fraction of sp³-hybridized carbons (Fsp3) is 0.300. The first-order chi connectivity index (χ1) is 6.75. The molecule has 0 aliphatic rings. The summed E-state index contributed by atoms with van der Waals surface area (Å²) in [5, 5.41) is 12.0. The summed E-state index contributed by atoms with van der Waals surface area (Å²) in [4.78, 5) is 4.20. The number of anilines is 1. The van der Waals surface area contributed by atoms with Gasteiger partial charge in [0.25, 0.3) is 6.01 Å². The van der Waals surface area contributed by atoms with E-state index in [4.69, 9.17) is 9.52 Å². The van der Waals surface area contributed by atoms with Crippen molar-refractivity contribution >= 4 is 17.1 Å². The summed E-state index contributed by atoms with van der Waals surface area (Å²) in [5.41, 5.74) is 1.57. The molecule has 0 saturated heterocycles. The smallest absolute Gasteiger partial charge is 0.295 e. The molecular formula is C10H12N2O2. The number of aliphatic hydroxyl groups excluding tert-OH is 1. The van der Waals surface area contributed by atoms with Crippen LogP contribution in [-0.2, 0) is 0 Å². The third-order valence-electron chi connectivity index (χ3n) is 1.84. The lowest BCUT2D eigenvalue weighted by molar-refractivity contribution is 0.207. The number of para-hydroxylation sites is 2. The van der Waals surface area contributed by atoms with E-state index in [2.05, 4.69) is 10.3 Å². The molecule has 0 amide bonds. The van der Waals surface area contributed by atoms with Gasteiger partial charge in [0, 0.05) is 6.54 Å². The molecule has 0 fully saturated rings. The van der Waals surface area contributed by atoms with Gasteiger partial charge in [-0.15, -0.1) is 0 Å². The molecule has 1 heterocycles. The molecule has 0 spiro atoms. The zero-order chi connectivity index (χ0) is 9.97. The number of hydrogen-bond donors (Lipinski definition) is 2. The monoisotopic (exact) mass is 192 g/mol. The van der Waals surface area contributed by atoms with Crippen LogP contribution in [0.15, 0.2) is 28.7 Å². The first-order valence-electron chi connectivity index (χ1n) is 4.53. The summed E-state index contributed by atoms with van der Waals surface area (Å²) in [7, 11) is 0. The first kappa shape index (κ1) is 9.02. The zero-order valence-electron chi connectivity index (χ0n) is 7.90. The van der Waals surface area contributed by atoms with Gasteiger partial charge in [0.15, 0.2) is 5.58 Å². The standard InChI is InChI=1S/C10H12N2O2/c1-7(13)6-11-10-12-8-4-2-3-5-9(8)14-10/h2-5,7,13H,6H2,1H3,(H,11,12). The highest BCUT2D eigenvalue weighted by atomic mass is 16.4. The molecule has 0 aliphatic carbocycles. The van der Waals surface area contributed by atoms with Crippen molar-refractivity contribution in [2.45, 2.75) is 13.0 Å². The predicted molar refractivity (Wildman–Crippen MR) is 54.2 cm³/mol. The van der Waals surface area contributed by atoms with E-state index in [-0.39, 0.29) is 0 Å². The Bertz CT molecular complexity index is 390. The van der Waals surface area contributed by atoms with E-state index in [1.54, 1.807) is 6.92 Å². The summed E-state index contributed by atoms with van der Waals surface area (Å²) in [6.07, 6.45) is -0.412. The SMILES string of the molecule is CC(O)CNc1nc2ccccc2o1. The number of benzene rings is 1. The molecule has 0 radical (unpaired) electrons. The highest BCUT2D eigenvalue weighted by Crippen LogP contribution is 2.17. The highest BCUT2D eigenvalue weighted by Gasteiger charge is 2.04. The minimum absolute atomic E-state index is 0.412. The summed E-state index contributed by atoms with van der Waals surface area (Å²) in [6, 6.07) is 7.99. The number of oxazole rings is 1. The van der Waals surface area contributed by atoms with Crippen LogP contribution in [0.5, 0.6) is 0 Å². The van der Waals surface area contributed by atoms with Crippen molar-refractivity contribution in [2.24, 2.45) is 0 Å². The molecule has 0 bridgehead atoms. The van der Waals surface area contributed by atoms with Crippen LogP contribution in [-0.4, -0.2) is 22.7 Å². The Morgan fingerprint density at radius 2 is 2.29 bits per heavy atom. The van der Waals surface area contributed by atoms with Crippen LogP contribution in [0, 0.1) is 0 Å².